The standard InChI is InChI=1S/C26H24IN7O4/c27-17-7-4-8-18(9-17)30-24-20-25(34(14-28-20)26-22(37)21(36)19(13-35)38-26)32-23(31-24)16-10-29-33(12-16)11-15-5-2-1-3-6-15/h1-10,12,14,19,21-22,26,35-37H,11,13H2,(H,30,31,32)/t19-,21-,22-,26-/m1/s1. The first-order chi connectivity index (χ1) is 18.5. The Morgan fingerprint density at radius 2 is 1.87 bits per heavy atom. The number of rotatable bonds is 7. The van der Waals surface area contributed by atoms with Gasteiger partial charge in [-0.2, -0.15) is 5.10 Å². The van der Waals surface area contributed by atoms with E-state index >= 15 is 0 Å². The zero-order chi connectivity index (χ0) is 26.2. The van der Waals surface area contributed by atoms with Crippen molar-refractivity contribution in [2.45, 2.75) is 31.1 Å². The summed E-state index contributed by atoms with van der Waals surface area (Å²) in [7, 11) is 0. The van der Waals surface area contributed by atoms with Gasteiger partial charge in [0.05, 0.1) is 31.2 Å². The Kier molecular flexibility index (Phi) is 6.80. The fourth-order valence-electron chi connectivity index (χ4n) is 4.47. The molecule has 38 heavy (non-hydrogen) atoms. The number of ether oxygens (including phenoxy) is 1. The lowest BCUT2D eigenvalue weighted by molar-refractivity contribution is -0.0511. The van der Waals surface area contributed by atoms with Gasteiger partial charge in [0, 0.05) is 15.5 Å². The molecule has 194 valence electrons. The van der Waals surface area contributed by atoms with E-state index in [4.69, 9.17) is 14.7 Å². The molecule has 12 heteroatoms. The summed E-state index contributed by atoms with van der Waals surface area (Å²) in [5.74, 6) is 0.867. The normalized spacial score (nSPS) is 21.3. The Bertz CT molecular complexity index is 1570. The van der Waals surface area contributed by atoms with Crippen LogP contribution in [-0.4, -0.2) is 69.5 Å². The summed E-state index contributed by atoms with van der Waals surface area (Å²) in [6.07, 6.45) is 0.633. The van der Waals surface area contributed by atoms with Crippen molar-refractivity contribution < 1.29 is 20.1 Å². The number of hydrogen-bond acceptors (Lipinski definition) is 9. The average Bonchev–Trinajstić information content (AvgIpc) is 3.63. The van der Waals surface area contributed by atoms with E-state index in [9.17, 15) is 15.3 Å². The summed E-state index contributed by atoms with van der Waals surface area (Å²) in [5, 5.41) is 38.3. The van der Waals surface area contributed by atoms with Gasteiger partial charge in [0.2, 0.25) is 0 Å². The van der Waals surface area contributed by atoms with Crippen LogP contribution >= 0.6 is 22.6 Å². The smallest absolute Gasteiger partial charge is 0.168 e. The lowest BCUT2D eigenvalue weighted by atomic mass is 10.1. The number of halogens is 1. The van der Waals surface area contributed by atoms with E-state index in [0.717, 1.165) is 14.8 Å². The van der Waals surface area contributed by atoms with Crippen molar-refractivity contribution in [3.63, 3.8) is 0 Å². The zero-order valence-corrected chi connectivity index (χ0v) is 22.1. The molecule has 4 atom stereocenters. The van der Waals surface area contributed by atoms with E-state index < -0.39 is 31.1 Å². The second kappa shape index (κ2) is 10.4. The van der Waals surface area contributed by atoms with Gasteiger partial charge in [0.25, 0.3) is 0 Å². The summed E-state index contributed by atoms with van der Waals surface area (Å²) in [4.78, 5) is 14.0. The summed E-state index contributed by atoms with van der Waals surface area (Å²) in [6, 6.07) is 17.8. The Hall–Kier alpha value is -3.43. The van der Waals surface area contributed by atoms with Crippen LogP contribution < -0.4 is 5.32 Å². The minimum atomic E-state index is -1.27. The number of hydrogen-bond donors (Lipinski definition) is 4. The van der Waals surface area contributed by atoms with E-state index in [1.807, 2.05) is 65.5 Å². The molecule has 0 unspecified atom stereocenters. The first-order valence-corrected chi connectivity index (χ1v) is 13.0. The zero-order valence-electron chi connectivity index (χ0n) is 20.0. The van der Waals surface area contributed by atoms with Crippen LogP contribution in [0.5, 0.6) is 0 Å². The number of aromatic nitrogens is 6. The Labute approximate surface area is 230 Å². The first kappa shape index (κ1) is 24.9. The number of benzene rings is 2. The van der Waals surface area contributed by atoms with Gasteiger partial charge in [-0.05, 0) is 46.4 Å². The molecule has 11 nitrogen and oxygen atoms in total. The molecule has 1 fully saturated rings. The largest absolute Gasteiger partial charge is 0.394 e. The molecule has 0 aliphatic carbocycles. The summed E-state index contributed by atoms with van der Waals surface area (Å²) in [6.45, 7) is 0.165. The third-order valence-corrected chi connectivity index (χ3v) is 7.05. The molecule has 0 bridgehead atoms. The highest BCUT2D eigenvalue weighted by Crippen LogP contribution is 2.34. The van der Waals surface area contributed by atoms with Crippen molar-refractivity contribution >= 4 is 45.3 Å². The van der Waals surface area contributed by atoms with Gasteiger partial charge in [-0.3, -0.25) is 9.25 Å². The second-order valence-corrected chi connectivity index (χ2v) is 10.2. The molecular weight excluding hydrogens is 601 g/mol. The molecule has 6 rings (SSSR count). The number of imidazole rings is 1. The van der Waals surface area contributed by atoms with Crippen LogP contribution in [0.1, 0.15) is 11.8 Å². The van der Waals surface area contributed by atoms with Crippen LogP contribution in [0.15, 0.2) is 73.3 Å². The van der Waals surface area contributed by atoms with E-state index in [1.165, 1.54) is 6.33 Å². The summed E-state index contributed by atoms with van der Waals surface area (Å²) >= 11 is 2.24. The van der Waals surface area contributed by atoms with Crippen molar-refractivity contribution in [2.24, 2.45) is 0 Å². The van der Waals surface area contributed by atoms with Crippen molar-refractivity contribution in [3.05, 3.63) is 82.5 Å². The Morgan fingerprint density at radius 3 is 2.63 bits per heavy atom. The van der Waals surface area contributed by atoms with E-state index in [0.29, 0.717) is 34.9 Å². The predicted octanol–water partition coefficient (Wildman–Crippen LogP) is 2.70. The molecule has 5 aromatic rings. The minimum Gasteiger partial charge on any atom is -0.394 e. The lowest BCUT2D eigenvalue weighted by Gasteiger charge is -2.17. The number of aliphatic hydroxyl groups excluding tert-OH is 3. The van der Waals surface area contributed by atoms with Crippen molar-refractivity contribution in [1.82, 2.24) is 29.3 Å². The number of nitrogens with one attached hydrogen (secondary N) is 1. The van der Waals surface area contributed by atoms with E-state index in [2.05, 4.69) is 38.0 Å². The van der Waals surface area contributed by atoms with Crippen LogP contribution in [0.2, 0.25) is 0 Å². The SMILES string of the molecule is OC[C@H]1O[C@@H](n2cnc3c(Nc4cccc(I)c4)nc(-c4cnn(Cc5ccccc5)c4)nc32)[C@H](O)[C@@H]1O. The quantitative estimate of drug-likeness (QED) is 0.201. The molecule has 1 aliphatic rings. The molecule has 4 N–H and O–H groups in total. The van der Waals surface area contributed by atoms with Gasteiger partial charge in [-0.1, -0.05) is 36.4 Å². The van der Waals surface area contributed by atoms with Gasteiger partial charge in [-0.25, -0.2) is 15.0 Å². The van der Waals surface area contributed by atoms with Gasteiger partial charge in [0.15, 0.2) is 29.0 Å². The monoisotopic (exact) mass is 625 g/mol. The number of aliphatic hydroxyl groups is 3. The van der Waals surface area contributed by atoms with Crippen LogP contribution in [0.3, 0.4) is 0 Å². The Balaban J connectivity index is 1.43. The fraction of sp³-hybridized carbons (Fsp3) is 0.231. The van der Waals surface area contributed by atoms with Crippen LogP contribution in [0.25, 0.3) is 22.6 Å². The fourth-order valence-corrected chi connectivity index (χ4v) is 5.01. The van der Waals surface area contributed by atoms with E-state index in [1.54, 1.807) is 10.8 Å². The van der Waals surface area contributed by atoms with Crippen LogP contribution in [0.4, 0.5) is 11.5 Å². The van der Waals surface area contributed by atoms with Crippen LogP contribution in [0, 0.1) is 3.57 Å². The van der Waals surface area contributed by atoms with Gasteiger partial charge >= 0.3 is 0 Å². The molecule has 0 saturated carbocycles. The third-order valence-electron chi connectivity index (χ3n) is 6.38. The molecule has 2 aromatic carbocycles. The highest BCUT2D eigenvalue weighted by atomic mass is 127. The highest BCUT2D eigenvalue weighted by molar-refractivity contribution is 14.1. The van der Waals surface area contributed by atoms with Gasteiger partial charge in [-0.15, -0.1) is 0 Å². The maximum atomic E-state index is 10.6. The molecule has 0 radical (unpaired) electrons. The maximum Gasteiger partial charge on any atom is 0.168 e. The van der Waals surface area contributed by atoms with E-state index in [-0.39, 0.29) is 0 Å². The lowest BCUT2D eigenvalue weighted by Crippen LogP contribution is -2.33. The molecular formula is C26H24IN7O4. The molecule has 4 heterocycles. The van der Waals surface area contributed by atoms with Crippen molar-refractivity contribution in [2.75, 3.05) is 11.9 Å². The minimum absolute atomic E-state index is 0.397. The Morgan fingerprint density at radius 1 is 1.03 bits per heavy atom. The first-order valence-electron chi connectivity index (χ1n) is 12.0. The summed E-state index contributed by atoms with van der Waals surface area (Å²) in [5.41, 5.74) is 3.49. The number of anilines is 2. The highest BCUT2D eigenvalue weighted by Gasteiger charge is 2.44. The molecule has 1 saturated heterocycles. The third kappa shape index (κ3) is 4.76. The van der Waals surface area contributed by atoms with Crippen molar-refractivity contribution in [3.8, 4) is 11.4 Å². The molecule has 0 amide bonds. The maximum absolute atomic E-state index is 10.6. The second-order valence-electron chi connectivity index (χ2n) is 9.00. The predicted molar refractivity (Wildman–Crippen MR) is 148 cm³/mol. The van der Waals surface area contributed by atoms with Crippen LogP contribution in [-0.2, 0) is 11.3 Å². The molecule has 1 aliphatic heterocycles. The average molecular weight is 625 g/mol. The molecule has 3 aromatic heterocycles. The molecule has 0 spiro atoms. The topological polar surface area (TPSA) is 143 Å². The number of nitrogens with zero attached hydrogens (tertiary/aromatic N) is 6. The number of fused-ring (bicyclic) bond motifs is 1. The van der Waals surface area contributed by atoms with Gasteiger partial charge in [0.1, 0.15) is 18.3 Å². The van der Waals surface area contributed by atoms with Crippen molar-refractivity contribution in [1.29, 1.82) is 0 Å². The van der Waals surface area contributed by atoms with Gasteiger partial charge < -0.3 is 25.4 Å². The summed E-state index contributed by atoms with van der Waals surface area (Å²) < 4.78 is 10.2.